The largest absolute Gasteiger partial charge is 0.466 e. The Morgan fingerprint density at radius 3 is 2.80 bits per heavy atom. The van der Waals surface area contributed by atoms with E-state index in [1.54, 1.807) is 0 Å². The molecule has 0 saturated carbocycles. The second-order valence-electron chi connectivity index (χ2n) is 5.47. The van der Waals surface area contributed by atoms with Gasteiger partial charge in [-0.1, -0.05) is 18.2 Å². The van der Waals surface area contributed by atoms with Crippen LogP contribution in [0.3, 0.4) is 0 Å². The van der Waals surface area contributed by atoms with Crippen LogP contribution in [0.4, 0.5) is 0 Å². The van der Waals surface area contributed by atoms with Gasteiger partial charge in [0, 0.05) is 12.6 Å². The summed E-state index contributed by atoms with van der Waals surface area (Å²) in [5, 5.41) is 3.39. The molecule has 0 bridgehead atoms. The van der Waals surface area contributed by atoms with Gasteiger partial charge in [0.15, 0.2) is 0 Å². The van der Waals surface area contributed by atoms with Gasteiger partial charge in [-0.2, -0.15) is 0 Å². The summed E-state index contributed by atoms with van der Waals surface area (Å²) in [4.78, 5) is 11.3. The predicted octanol–water partition coefficient (Wildman–Crippen LogP) is 3.17. The third-order valence-corrected chi connectivity index (χ3v) is 3.96. The maximum absolute atomic E-state index is 11.3. The normalized spacial score (nSPS) is 15.5. The smallest absolute Gasteiger partial charge is 0.307 e. The Morgan fingerprint density at radius 1 is 1.30 bits per heavy atom. The van der Waals surface area contributed by atoms with Crippen LogP contribution < -0.4 is 5.32 Å². The van der Waals surface area contributed by atoms with Crippen molar-refractivity contribution in [3.63, 3.8) is 0 Å². The molecule has 3 nitrogen and oxygen atoms in total. The topological polar surface area (TPSA) is 38.3 Å². The number of nitrogens with one attached hydrogen (secondary N) is 1. The lowest BCUT2D eigenvalue weighted by atomic mass is 9.89. The minimum Gasteiger partial charge on any atom is -0.466 e. The summed E-state index contributed by atoms with van der Waals surface area (Å²) < 4.78 is 4.92. The molecule has 1 atom stereocenters. The fourth-order valence-corrected chi connectivity index (χ4v) is 2.76. The molecule has 3 heteroatoms. The van der Waals surface area contributed by atoms with E-state index in [-0.39, 0.29) is 12.0 Å². The van der Waals surface area contributed by atoms with Crippen LogP contribution >= 0.6 is 0 Å². The van der Waals surface area contributed by atoms with Crippen LogP contribution in [-0.4, -0.2) is 19.1 Å². The van der Waals surface area contributed by atoms with Crippen molar-refractivity contribution >= 4 is 5.97 Å². The van der Waals surface area contributed by atoms with E-state index in [9.17, 15) is 4.79 Å². The Morgan fingerprint density at radius 2 is 2.05 bits per heavy atom. The Bertz CT molecular complexity index is 456. The number of ether oxygens (including phenoxy) is 1. The minimum atomic E-state index is -0.127. The first-order valence-electron chi connectivity index (χ1n) is 7.71. The maximum atomic E-state index is 11.3. The third-order valence-electron chi connectivity index (χ3n) is 3.96. The fourth-order valence-electron chi connectivity index (χ4n) is 2.76. The molecule has 20 heavy (non-hydrogen) atoms. The van der Waals surface area contributed by atoms with Gasteiger partial charge in [0.2, 0.25) is 0 Å². The van der Waals surface area contributed by atoms with Crippen molar-refractivity contribution in [3.05, 3.63) is 34.9 Å². The first kappa shape index (κ1) is 15.0. The monoisotopic (exact) mass is 275 g/mol. The number of fused-ring (bicyclic) bond motifs is 1. The Hall–Kier alpha value is -1.35. The molecule has 0 amide bonds. The molecular formula is C17H25NO2. The molecule has 0 aromatic heterocycles. The summed E-state index contributed by atoms with van der Waals surface area (Å²) in [5.41, 5.74) is 4.33. The zero-order chi connectivity index (χ0) is 14.4. The summed E-state index contributed by atoms with van der Waals surface area (Å²) in [5.74, 6) is -0.127. The number of carbonyl (C=O) groups is 1. The maximum Gasteiger partial charge on any atom is 0.307 e. The molecule has 0 radical (unpaired) electrons. The highest BCUT2D eigenvalue weighted by Gasteiger charge is 2.12. The number of rotatable bonds is 6. The number of aryl methyl sites for hydroxylation is 2. The second kappa shape index (κ2) is 7.44. The quantitative estimate of drug-likeness (QED) is 0.810. The number of benzene rings is 1. The van der Waals surface area contributed by atoms with Crippen molar-refractivity contribution in [2.45, 2.75) is 52.0 Å². The standard InChI is InChI=1S/C17H25NO2/c1-3-20-17(19)10-11-18-13(2)15-9-8-14-6-4-5-7-16(14)12-15/h8-9,12-13,18H,3-7,10-11H2,1-2H3. The van der Waals surface area contributed by atoms with Gasteiger partial charge in [0.1, 0.15) is 0 Å². The third kappa shape index (κ3) is 4.07. The minimum absolute atomic E-state index is 0.127. The number of hydrogen-bond acceptors (Lipinski definition) is 3. The summed E-state index contributed by atoms with van der Waals surface area (Å²) in [6.45, 7) is 5.10. The summed E-state index contributed by atoms with van der Waals surface area (Å²) in [6, 6.07) is 7.09. The van der Waals surface area contributed by atoms with E-state index in [4.69, 9.17) is 4.74 Å². The van der Waals surface area contributed by atoms with Crippen LogP contribution in [-0.2, 0) is 22.4 Å². The van der Waals surface area contributed by atoms with E-state index < -0.39 is 0 Å². The second-order valence-corrected chi connectivity index (χ2v) is 5.47. The van der Waals surface area contributed by atoms with Crippen molar-refractivity contribution in [3.8, 4) is 0 Å². The molecule has 0 aliphatic heterocycles. The molecule has 1 aliphatic carbocycles. The van der Waals surface area contributed by atoms with Crippen molar-refractivity contribution in [1.82, 2.24) is 5.32 Å². The van der Waals surface area contributed by atoms with E-state index in [2.05, 4.69) is 30.4 Å². The lowest BCUT2D eigenvalue weighted by molar-refractivity contribution is -0.143. The summed E-state index contributed by atoms with van der Waals surface area (Å²) in [7, 11) is 0. The Balaban J connectivity index is 1.86. The van der Waals surface area contributed by atoms with Gasteiger partial charge < -0.3 is 10.1 Å². The van der Waals surface area contributed by atoms with Crippen LogP contribution in [0, 0.1) is 0 Å². The van der Waals surface area contributed by atoms with Gasteiger partial charge >= 0.3 is 5.97 Å². The van der Waals surface area contributed by atoms with Crippen LogP contribution in [0.25, 0.3) is 0 Å². The Kier molecular flexibility index (Phi) is 5.60. The molecule has 1 N–H and O–H groups in total. The van der Waals surface area contributed by atoms with Crippen molar-refractivity contribution in [2.75, 3.05) is 13.2 Å². The van der Waals surface area contributed by atoms with Gasteiger partial charge in [-0.05, 0) is 56.2 Å². The lowest BCUT2D eigenvalue weighted by Gasteiger charge is -2.20. The lowest BCUT2D eigenvalue weighted by Crippen LogP contribution is -2.23. The fraction of sp³-hybridized carbons (Fsp3) is 0.588. The molecule has 2 rings (SSSR count). The van der Waals surface area contributed by atoms with Gasteiger partial charge in [-0.3, -0.25) is 4.79 Å². The molecule has 1 unspecified atom stereocenters. The molecule has 1 aliphatic rings. The highest BCUT2D eigenvalue weighted by atomic mass is 16.5. The van der Waals surface area contributed by atoms with Crippen molar-refractivity contribution in [2.24, 2.45) is 0 Å². The highest BCUT2D eigenvalue weighted by molar-refractivity contribution is 5.69. The van der Waals surface area contributed by atoms with Crippen molar-refractivity contribution < 1.29 is 9.53 Å². The van der Waals surface area contributed by atoms with E-state index >= 15 is 0 Å². The Labute approximate surface area is 121 Å². The highest BCUT2D eigenvalue weighted by Crippen LogP contribution is 2.24. The average Bonchev–Trinajstić information content (AvgIpc) is 2.47. The molecule has 0 fully saturated rings. The number of hydrogen-bond donors (Lipinski definition) is 1. The van der Waals surface area contributed by atoms with E-state index in [1.165, 1.54) is 42.4 Å². The zero-order valence-corrected chi connectivity index (χ0v) is 12.6. The zero-order valence-electron chi connectivity index (χ0n) is 12.6. The van der Waals surface area contributed by atoms with Crippen LogP contribution in [0.15, 0.2) is 18.2 Å². The molecule has 110 valence electrons. The van der Waals surface area contributed by atoms with E-state index in [0.717, 1.165) is 0 Å². The predicted molar refractivity (Wildman–Crippen MR) is 80.8 cm³/mol. The van der Waals surface area contributed by atoms with Gasteiger partial charge in [-0.15, -0.1) is 0 Å². The molecule has 0 heterocycles. The van der Waals surface area contributed by atoms with Crippen LogP contribution in [0.5, 0.6) is 0 Å². The van der Waals surface area contributed by atoms with E-state index in [1.807, 2.05) is 6.92 Å². The first-order chi connectivity index (χ1) is 9.70. The van der Waals surface area contributed by atoms with Gasteiger partial charge in [0.25, 0.3) is 0 Å². The molecule has 0 saturated heterocycles. The average molecular weight is 275 g/mol. The number of carbonyl (C=O) groups excluding carboxylic acids is 1. The summed E-state index contributed by atoms with van der Waals surface area (Å²) in [6.07, 6.45) is 5.49. The van der Waals surface area contributed by atoms with Crippen LogP contribution in [0.1, 0.15) is 55.8 Å². The molecule has 1 aromatic carbocycles. The first-order valence-corrected chi connectivity index (χ1v) is 7.71. The summed E-state index contributed by atoms with van der Waals surface area (Å²) >= 11 is 0. The molecular weight excluding hydrogens is 250 g/mol. The molecule has 1 aromatic rings. The SMILES string of the molecule is CCOC(=O)CCNC(C)c1ccc2c(c1)CCCC2. The number of esters is 1. The molecule has 0 spiro atoms. The van der Waals surface area contributed by atoms with Crippen molar-refractivity contribution in [1.29, 1.82) is 0 Å². The van der Waals surface area contributed by atoms with Crippen LogP contribution in [0.2, 0.25) is 0 Å². The van der Waals surface area contributed by atoms with E-state index in [0.29, 0.717) is 19.6 Å². The van der Waals surface area contributed by atoms with Gasteiger partial charge in [0.05, 0.1) is 13.0 Å². The van der Waals surface area contributed by atoms with Gasteiger partial charge in [-0.25, -0.2) is 0 Å².